The largest absolute Gasteiger partial charge is 0.496 e. The summed E-state index contributed by atoms with van der Waals surface area (Å²) in [6, 6.07) is 15.0. The first-order valence-corrected chi connectivity index (χ1v) is 7.35. The van der Waals surface area contributed by atoms with Gasteiger partial charge in [0, 0.05) is 12.2 Å². The van der Waals surface area contributed by atoms with Gasteiger partial charge in [-0.3, -0.25) is 0 Å². The summed E-state index contributed by atoms with van der Waals surface area (Å²) in [4.78, 5) is 0. The Bertz CT molecular complexity index is 592. The summed E-state index contributed by atoms with van der Waals surface area (Å²) in [6.45, 7) is 1.10. The average molecular weight is 267 g/mol. The van der Waals surface area contributed by atoms with Gasteiger partial charge in [0.1, 0.15) is 5.75 Å². The van der Waals surface area contributed by atoms with Gasteiger partial charge < -0.3 is 10.1 Å². The number of aryl methyl sites for hydroxylation is 3. The molecule has 0 atom stereocenters. The maximum Gasteiger partial charge on any atom is 0.122 e. The lowest BCUT2D eigenvalue weighted by Gasteiger charge is -2.21. The van der Waals surface area contributed by atoms with Gasteiger partial charge in [0.05, 0.1) is 7.11 Å². The number of ether oxygens (including phenoxy) is 1. The number of fused-ring (bicyclic) bond motifs is 1. The quantitative estimate of drug-likeness (QED) is 0.908. The van der Waals surface area contributed by atoms with Gasteiger partial charge in [0.2, 0.25) is 0 Å². The third kappa shape index (κ3) is 2.64. The molecule has 0 radical (unpaired) electrons. The molecule has 0 saturated heterocycles. The first-order chi connectivity index (χ1) is 9.88. The van der Waals surface area contributed by atoms with Crippen LogP contribution in [0.3, 0.4) is 0 Å². The van der Waals surface area contributed by atoms with Crippen LogP contribution in [0.15, 0.2) is 42.5 Å². The Morgan fingerprint density at radius 1 is 1.00 bits per heavy atom. The van der Waals surface area contributed by atoms with Crippen LogP contribution < -0.4 is 10.1 Å². The second-order valence-corrected chi connectivity index (χ2v) is 5.29. The van der Waals surface area contributed by atoms with Crippen molar-refractivity contribution in [3.05, 3.63) is 59.2 Å². The number of nitrogens with one attached hydrogen (secondary N) is 1. The predicted molar refractivity (Wildman–Crippen MR) is 83.7 cm³/mol. The molecule has 0 aromatic heterocycles. The van der Waals surface area contributed by atoms with Crippen LogP contribution in [-0.2, 0) is 19.3 Å². The van der Waals surface area contributed by atoms with Crippen LogP contribution in [0.4, 0.5) is 5.69 Å². The van der Waals surface area contributed by atoms with Crippen LogP contribution in [-0.4, -0.2) is 13.7 Å². The average Bonchev–Trinajstić information content (AvgIpc) is 2.53. The van der Waals surface area contributed by atoms with E-state index in [-0.39, 0.29) is 0 Å². The van der Waals surface area contributed by atoms with E-state index in [1.54, 1.807) is 7.11 Å². The molecule has 2 heteroatoms. The Kier molecular flexibility index (Phi) is 3.91. The minimum absolute atomic E-state index is 0.991. The summed E-state index contributed by atoms with van der Waals surface area (Å²) in [5.41, 5.74) is 5.54. The molecule has 1 N–H and O–H groups in total. The van der Waals surface area contributed by atoms with Crippen molar-refractivity contribution in [3.8, 4) is 5.75 Å². The van der Waals surface area contributed by atoms with Crippen LogP contribution >= 0.6 is 0 Å². The summed E-state index contributed by atoms with van der Waals surface area (Å²) in [6.07, 6.45) is 4.51. The third-order valence-corrected chi connectivity index (χ3v) is 4.02. The van der Waals surface area contributed by atoms with E-state index in [9.17, 15) is 0 Å². The Hall–Kier alpha value is -1.96. The second-order valence-electron chi connectivity index (χ2n) is 5.29. The monoisotopic (exact) mass is 267 g/mol. The van der Waals surface area contributed by atoms with Gasteiger partial charge in [-0.05, 0) is 48.4 Å². The van der Waals surface area contributed by atoms with Crippen molar-refractivity contribution < 1.29 is 4.74 Å². The molecule has 2 aromatic rings. The third-order valence-electron chi connectivity index (χ3n) is 4.02. The number of hydrogen-bond acceptors (Lipinski definition) is 2. The van der Waals surface area contributed by atoms with E-state index < -0.39 is 0 Å². The molecular formula is C18H21NO. The molecule has 0 spiro atoms. The van der Waals surface area contributed by atoms with Crippen molar-refractivity contribution in [2.75, 3.05) is 19.0 Å². The molecule has 0 bridgehead atoms. The molecule has 0 amide bonds. The highest BCUT2D eigenvalue weighted by atomic mass is 16.5. The molecular weight excluding hydrogens is 246 g/mol. The lowest BCUT2D eigenvalue weighted by atomic mass is 9.95. The molecule has 1 aliphatic heterocycles. The summed E-state index contributed by atoms with van der Waals surface area (Å²) in [7, 11) is 1.74. The topological polar surface area (TPSA) is 21.3 Å². The van der Waals surface area contributed by atoms with Gasteiger partial charge in [-0.15, -0.1) is 0 Å². The molecule has 1 aliphatic rings. The SMILES string of the molecule is COc1ccccc1CCc1cccc2c1NCCC2. The maximum atomic E-state index is 5.43. The fourth-order valence-electron chi connectivity index (χ4n) is 2.97. The molecule has 104 valence electrons. The zero-order chi connectivity index (χ0) is 13.8. The number of rotatable bonds is 4. The van der Waals surface area contributed by atoms with E-state index in [0.717, 1.165) is 25.1 Å². The summed E-state index contributed by atoms with van der Waals surface area (Å²) in [5, 5.41) is 3.56. The van der Waals surface area contributed by atoms with E-state index >= 15 is 0 Å². The first-order valence-electron chi connectivity index (χ1n) is 7.35. The molecule has 2 aromatic carbocycles. The zero-order valence-corrected chi connectivity index (χ0v) is 12.0. The highest BCUT2D eigenvalue weighted by Crippen LogP contribution is 2.28. The minimum atomic E-state index is 0.991. The highest BCUT2D eigenvalue weighted by Gasteiger charge is 2.12. The molecule has 0 saturated carbocycles. The number of methoxy groups -OCH3 is 1. The van der Waals surface area contributed by atoms with Crippen LogP contribution in [0, 0.1) is 0 Å². The number of para-hydroxylation sites is 2. The Labute approximate surface area is 120 Å². The van der Waals surface area contributed by atoms with Crippen LogP contribution in [0.1, 0.15) is 23.1 Å². The summed E-state index contributed by atoms with van der Waals surface area (Å²) < 4.78 is 5.43. The van der Waals surface area contributed by atoms with Crippen molar-refractivity contribution in [2.45, 2.75) is 25.7 Å². The van der Waals surface area contributed by atoms with Crippen molar-refractivity contribution in [1.29, 1.82) is 0 Å². The fraction of sp³-hybridized carbons (Fsp3) is 0.333. The molecule has 0 unspecified atom stereocenters. The predicted octanol–water partition coefficient (Wildman–Crippen LogP) is 3.84. The van der Waals surface area contributed by atoms with Crippen LogP contribution in [0.5, 0.6) is 5.75 Å². The first kappa shape index (κ1) is 13.0. The van der Waals surface area contributed by atoms with Gasteiger partial charge in [0.25, 0.3) is 0 Å². The fourth-order valence-corrected chi connectivity index (χ4v) is 2.97. The molecule has 20 heavy (non-hydrogen) atoms. The minimum Gasteiger partial charge on any atom is -0.496 e. The summed E-state index contributed by atoms with van der Waals surface area (Å²) in [5.74, 6) is 0.991. The molecule has 0 aliphatic carbocycles. The standard InChI is InChI=1S/C18H21NO/c1-20-17-10-3-2-6-14(17)11-12-16-8-4-7-15-9-5-13-19-18(15)16/h2-4,6-8,10,19H,5,9,11-13H2,1H3. The van der Waals surface area contributed by atoms with Gasteiger partial charge in [-0.2, -0.15) is 0 Å². The maximum absolute atomic E-state index is 5.43. The van der Waals surface area contributed by atoms with E-state index in [1.165, 1.54) is 35.2 Å². The van der Waals surface area contributed by atoms with Gasteiger partial charge >= 0.3 is 0 Å². The second kappa shape index (κ2) is 6.00. The number of hydrogen-bond donors (Lipinski definition) is 1. The Balaban J connectivity index is 1.79. The van der Waals surface area contributed by atoms with Gasteiger partial charge in [0.15, 0.2) is 0 Å². The molecule has 2 nitrogen and oxygen atoms in total. The normalized spacial score (nSPS) is 13.4. The molecule has 1 heterocycles. The lowest BCUT2D eigenvalue weighted by molar-refractivity contribution is 0.409. The Morgan fingerprint density at radius 3 is 2.70 bits per heavy atom. The highest BCUT2D eigenvalue weighted by molar-refractivity contribution is 5.59. The van der Waals surface area contributed by atoms with Crippen molar-refractivity contribution >= 4 is 5.69 Å². The van der Waals surface area contributed by atoms with Crippen molar-refractivity contribution in [3.63, 3.8) is 0 Å². The van der Waals surface area contributed by atoms with Crippen LogP contribution in [0.25, 0.3) is 0 Å². The number of benzene rings is 2. The van der Waals surface area contributed by atoms with Gasteiger partial charge in [-0.25, -0.2) is 0 Å². The zero-order valence-electron chi connectivity index (χ0n) is 12.0. The summed E-state index contributed by atoms with van der Waals surface area (Å²) >= 11 is 0. The van der Waals surface area contributed by atoms with Gasteiger partial charge in [-0.1, -0.05) is 36.4 Å². The van der Waals surface area contributed by atoms with E-state index in [4.69, 9.17) is 4.74 Å². The van der Waals surface area contributed by atoms with Crippen LogP contribution in [0.2, 0.25) is 0 Å². The van der Waals surface area contributed by atoms with Crippen molar-refractivity contribution in [2.24, 2.45) is 0 Å². The Morgan fingerprint density at radius 2 is 1.80 bits per heavy atom. The van der Waals surface area contributed by atoms with E-state index in [0.29, 0.717) is 0 Å². The molecule has 3 rings (SSSR count). The number of anilines is 1. The smallest absolute Gasteiger partial charge is 0.122 e. The van der Waals surface area contributed by atoms with E-state index in [2.05, 4.69) is 35.6 Å². The van der Waals surface area contributed by atoms with E-state index in [1.807, 2.05) is 12.1 Å². The van der Waals surface area contributed by atoms with Crippen molar-refractivity contribution in [1.82, 2.24) is 0 Å². The molecule has 0 fully saturated rings. The lowest BCUT2D eigenvalue weighted by Crippen LogP contribution is -2.14.